The maximum atomic E-state index is 12.4. The van der Waals surface area contributed by atoms with Crippen molar-refractivity contribution in [3.63, 3.8) is 0 Å². The lowest BCUT2D eigenvalue weighted by Gasteiger charge is -2.35. The molecule has 116 valence electrons. The van der Waals surface area contributed by atoms with E-state index in [0.29, 0.717) is 18.5 Å². The summed E-state index contributed by atoms with van der Waals surface area (Å²) in [6, 6.07) is 0.498. The molecule has 0 aromatic heterocycles. The molecule has 1 amide bonds. The van der Waals surface area contributed by atoms with Crippen molar-refractivity contribution < 1.29 is 4.79 Å². The van der Waals surface area contributed by atoms with Gasteiger partial charge in [-0.1, -0.05) is 19.3 Å². The van der Waals surface area contributed by atoms with Gasteiger partial charge in [0.2, 0.25) is 5.91 Å². The van der Waals surface area contributed by atoms with Crippen molar-refractivity contribution in [3.05, 3.63) is 0 Å². The molecule has 1 heterocycles. The average Bonchev–Trinajstić information content (AvgIpc) is 2.49. The average molecular weight is 281 g/mol. The van der Waals surface area contributed by atoms with E-state index in [1.54, 1.807) is 0 Å². The molecule has 20 heavy (non-hydrogen) atoms. The van der Waals surface area contributed by atoms with Crippen LogP contribution in [-0.4, -0.2) is 62.0 Å². The number of likely N-dealkylation sites (tertiary alicyclic amines) is 1. The fourth-order valence-corrected chi connectivity index (χ4v) is 3.61. The maximum Gasteiger partial charge on any atom is 0.236 e. The Morgan fingerprint density at radius 2 is 1.80 bits per heavy atom. The summed E-state index contributed by atoms with van der Waals surface area (Å²) in [5.41, 5.74) is 0. The number of hydrogen-bond donors (Lipinski definition) is 1. The van der Waals surface area contributed by atoms with Gasteiger partial charge < -0.3 is 10.2 Å². The van der Waals surface area contributed by atoms with Crippen LogP contribution in [0.15, 0.2) is 0 Å². The highest BCUT2D eigenvalue weighted by atomic mass is 16.2. The zero-order chi connectivity index (χ0) is 14.4. The number of nitrogens with zero attached hydrogens (tertiary/aromatic N) is 2. The highest BCUT2D eigenvalue weighted by Gasteiger charge is 2.25. The fraction of sp³-hybridized carbons (Fsp3) is 0.938. The Hall–Kier alpha value is -0.610. The largest absolute Gasteiger partial charge is 0.342 e. The molecule has 0 atom stereocenters. The number of hydrogen-bond acceptors (Lipinski definition) is 3. The lowest BCUT2D eigenvalue weighted by Crippen LogP contribution is -2.46. The van der Waals surface area contributed by atoms with Crippen LogP contribution in [0.2, 0.25) is 0 Å². The van der Waals surface area contributed by atoms with E-state index in [4.69, 9.17) is 0 Å². The van der Waals surface area contributed by atoms with Crippen LogP contribution >= 0.6 is 0 Å². The smallest absolute Gasteiger partial charge is 0.236 e. The van der Waals surface area contributed by atoms with E-state index in [9.17, 15) is 4.79 Å². The standard InChI is InChI=1S/C16H31N3O/c1-17-12-14-8-10-19(11-9-14)13-16(20)18(2)15-6-4-3-5-7-15/h14-15,17H,3-13H2,1-2H3. The molecule has 0 unspecified atom stereocenters. The molecular weight excluding hydrogens is 250 g/mol. The van der Waals surface area contributed by atoms with Crippen LogP contribution in [0.5, 0.6) is 0 Å². The normalized spacial score (nSPS) is 22.9. The molecule has 0 aromatic carbocycles. The second-order valence-corrected chi connectivity index (χ2v) is 6.57. The minimum absolute atomic E-state index is 0.323. The Bertz CT molecular complexity index is 294. The van der Waals surface area contributed by atoms with Crippen LogP contribution in [0.1, 0.15) is 44.9 Å². The van der Waals surface area contributed by atoms with E-state index in [0.717, 1.165) is 25.6 Å². The minimum atomic E-state index is 0.323. The molecule has 1 saturated carbocycles. The van der Waals surface area contributed by atoms with Crippen LogP contribution in [0.4, 0.5) is 0 Å². The molecule has 4 nitrogen and oxygen atoms in total. The monoisotopic (exact) mass is 281 g/mol. The first-order valence-corrected chi connectivity index (χ1v) is 8.33. The number of rotatable bonds is 5. The highest BCUT2D eigenvalue weighted by Crippen LogP contribution is 2.22. The van der Waals surface area contributed by atoms with Crippen molar-refractivity contribution in [2.45, 2.75) is 51.0 Å². The number of carbonyl (C=O) groups is 1. The molecule has 1 saturated heterocycles. The summed E-state index contributed by atoms with van der Waals surface area (Å²) < 4.78 is 0. The van der Waals surface area contributed by atoms with Gasteiger partial charge in [0.15, 0.2) is 0 Å². The van der Waals surface area contributed by atoms with Crippen molar-refractivity contribution in [2.75, 3.05) is 40.3 Å². The summed E-state index contributed by atoms with van der Waals surface area (Å²) in [6.07, 6.45) is 8.77. The van der Waals surface area contributed by atoms with Crippen LogP contribution in [0.3, 0.4) is 0 Å². The Kier molecular flexibility index (Phi) is 6.30. The van der Waals surface area contributed by atoms with Crippen molar-refractivity contribution in [1.82, 2.24) is 15.1 Å². The lowest BCUT2D eigenvalue weighted by atomic mass is 9.94. The molecule has 1 aliphatic heterocycles. The van der Waals surface area contributed by atoms with Crippen LogP contribution in [0, 0.1) is 5.92 Å². The Morgan fingerprint density at radius 1 is 1.15 bits per heavy atom. The van der Waals surface area contributed by atoms with Gasteiger partial charge in [-0.05, 0) is 58.3 Å². The van der Waals surface area contributed by atoms with Gasteiger partial charge in [-0.15, -0.1) is 0 Å². The third kappa shape index (κ3) is 4.45. The van der Waals surface area contributed by atoms with Crippen molar-refractivity contribution in [3.8, 4) is 0 Å². The van der Waals surface area contributed by atoms with E-state index < -0.39 is 0 Å². The van der Waals surface area contributed by atoms with Crippen LogP contribution < -0.4 is 5.32 Å². The van der Waals surface area contributed by atoms with Crippen LogP contribution in [0.25, 0.3) is 0 Å². The molecule has 0 aromatic rings. The zero-order valence-electron chi connectivity index (χ0n) is 13.2. The predicted molar refractivity (Wildman–Crippen MR) is 82.7 cm³/mol. The third-order valence-electron chi connectivity index (χ3n) is 5.07. The molecule has 1 N–H and O–H groups in total. The first-order chi connectivity index (χ1) is 9.70. The summed E-state index contributed by atoms with van der Waals surface area (Å²) in [5.74, 6) is 1.12. The van der Waals surface area contributed by atoms with Crippen molar-refractivity contribution in [2.24, 2.45) is 5.92 Å². The predicted octanol–water partition coefficient (Wildman–Crippen LogP) is 1.71. The molecule has 0 bridgehead atoms. The Labute approximate surface area is 123 Å². The molecule has 0 radical (unpaired) electrons. The second kappa shape index (κ2) is 7.99. The molecular formula is C16H31N3O. The van der Waals surface area contributed by atoms with E-state index in [-0.39, 0.29) is 0 Å². The summed E-state index contributed by atoms with van der Waals surface area (Å²) in [4.78, 5) is 16.8. The van der Waals surface area contributed by atoms with E-state index in [2.05, 4.69) is 10.2 Å². The first kappa shape index (κ1) is 15.8. The number of nitrogens with one attached hydrogen (secondary N) is 1. The maximum absolute atomic E-state index is 12.4. The van der Waals surface area contributed by atoms with E-state index >= 15 is 0 Å². The second-order valence-electron chi connectivity index (χ2n) is 6.57. The van der Waals surface area contributed by atoms with Gasteiger partial charge in [0, 0.05) is 13.1 Å². The van der Waals surface area contributed by atoms with Gasteiger partial charge in [0.1, 0.15) is 0 Å². The number of amides is 1. The number of likely N-dealkylation sites (N-methyl/N-ethyl adjacent to an activating group) is 1. The third-order valence-corrected chi connectivity index (χ3v) is 5.07. The van der Waals surface area contributed by atoms with Gasteiger partial charge >= 0.3 is 0 Å². The summed E-state index contributed by atoms with van der Waals surface area (Å²) in [5, 5.41) is 3.26. The van der Waals surface area contributed by atoms with Crippen LogP contribution in [-0.2, 0) is 4.79 Å². The fourth-order valence-electron chi connectivity index (χ4n) is 3.61. The Morgan fingerprint density at radius 3 is 2.40 bits per heavy atom. The number of carbonyl (C=O) groups excluding carboxylic acids is 1. The topological polar surface area (TPSA) is 35.6 Å². The first-order valence-electron chi connectivity index (χ1n) is 8.33. The van der Waals surface area contributed by atoms with Gasteiger partial charge in [-0.25, -0.2) is 0 Å². The highest BCUT2D eigenvalue weighted by molar-refractivity contribution is 5.78. The summed E-state index contributed by atoms with van der Waals surface area (Å²) >= 11 is 0. The minimum Gasteiger partial charge on any atom is -0.342 e. The molecule has 1 aliphatic carbocycles. The van der Waals surface area contributed by atoms with Gasteiger partial charge in [-0.2, -0.15) is 0 Å². The molecule has 0 spiro atoms. The molecule has 2 fully saturated rings. The SMILES string of the molecule is CNCC1CCN(CC(=O)N(C)C2CCCCC2)CC1. The van der Waals surface area contributed by atoms with Crippen molar-refractivity contribution >= 4 is 5.91 Å². The van der Waals surface area contributed by atoms with E-state index in [1.165, 1.54) is 44.9 Å². The quantitative estimate of drug-likeness (QED) is 0.833. The van der Waals surface area contributed by atoms with Crippen molar-refractivity contribution in [1.29, 1.82) is 0 Å². The Balaban J connectivity index is 1.71. The van der Waals surface area contributed by atoms with Gasteiger partial charge in [-0.3, -0.25) is 9.69 Å². The molecule has 4 heteroatoms. The lowest BCUT2D eigenvalue weighted by molar-refractivity contribution is -0.134. The number of piperidine rings is 1. The molecule has 2 aliphatic rings. The van der Waals surface area contributed by atoms with E-state index in [1.807, 2.05) is 19.0 Å². The van der Waals surface area contributed by atoms with Gasteiger partial charge in [0.25, 0.3) is 0 Å². The van der Waals surface area contributed by atoms with Gasteiger partial charge in [0.05, 0.1) is 6.54 Å². The zero-order valence-corrected chi connectivity index (χ0v) is 13.2. The molecule has 2 rings (SSSR count). The summed E-state index contributed by atoms with van der Waals surface area (Å²) in [6.45, 7) is 3.90. The summed E-state index contributed by atoms with van der Waals surface area (Å²) in [7, 11) is 4.03.